The van der Waals surface area contributed by atoms with Crippen molar-refractivity contribution >= 4 is 5.97 Å². The molecule has 0 aliphatic carbocycles. The maximum atomic E-state index is 11.2. The fourth-order valence-corrected chi connectivity index (χ4v) is 2.85. The lowest BCUT2D eigenvalue weighted by Gasteiger charge is -2.38. The van der Waals surface area contributed by atoms with E-state index in [9.17, 15) is 9.90 Å². The number of carboxylic acids is 1. The van der Waals surface area contributed by atoms with Crippen LogP contribution in [-0.2, 0) is 10.3 Å². The third-order valence-electron chi connectivity index (χ3n) is 4.01. The second kappa shape index (κ2) is 5.61. The average Bonchev–Trinajstić information content (AvgIpc) is 2.92. The largest absolute Gasteiger partial charge is 0.497 e. The number of likely N-dealkylation sites (tertiary alicyclic amines) is 1. The van der Waals surface area contributed by atoms with Crippen molar-refractivity contribution in [3.05, 3.63) is 29.8 Å². The van der Waals surface area contributed by atoms with E-state index >= 15 is 0 Å². The van der Waals surface area contributed by atoms with Gasteiger partial charge in [0.1, 0.15) is 5.75 Å². The first kappa shape index (κ1) is 13.9. The summed E-state index contributed by atoms with van der Waals surface area (Å²) in [6, 6.07) is 7.73. The first-order valence-electron chi connectivity index (χ1n) is 6.67. The van der Waals surface area contributed by atoms with E-state index in [1.807, 2.05) is 31.2 Å². The van der Waals surface area contributed by atoms with Gasteiger partial charge in [0, 0.05) is 0 Å². The molecule has 19 heavy (non-hydrogen) atoms. The highest BCUT2D eigenvalue weighted by molar-refractivity contribution is 5.69. The Morgan fingerprint density at radius 1 is 1.32 bits per heavy atom. The number of hydrogen-bond donors (Lipinski definition) is 1. The Hall–Kier alpha value is -1.55. The van der Waals surface area contributed by atoms with E-state index in [-0.39, 0.29) is 6.42 Å². The number of benzene rings is 1. The SMILES string of the molecule is COc1ccc(C(C)(CC(=O)O)N2CCCC2)cc1. The van der Waals surface area contributed by atoms with Gasteiger partial charge >= 0.3 is 5.97 Å². The molecular weight excluding hydrogens is 242 g/mol. The van der Waals surface area contributed by atoms with E-state index in [2.05, 4.69) is 4.90 Å². The van der Waals surface area contributed by atoms with E-state index in [4.69, 9.17) is 4.74 Å². The van der Waals surface area contributed by atoms with Crippen LogP contribution in [0, 0.1) is 0 Å². The van der Waals surface area contributed by atoms with Crippen molar-refractivity contribution in [1.82, 2.24) is 4.90 Å². The summed E-state index contributed by atoms with van der Waals surface area (Å²) < 4.78 is 5.16. The van der Waals surface area contributed by atoms with Crippen LogP contribution in [0.1, 0.15) is 31.7 Å². The highest BCUT2D eigenvalue weighted by atomic mass is 16.5. The molecule has 0 saturated carbocycles. The number of carboxylic acid groups (broad SMARTS) is 1. The Kier molecular flexibility index (Phi) is 4.10. The summed E-state index contributed by atoms with van der Waals surface area (Å²) in [6.45, 7) is 3.96. The monoisotopic (exact) mass is 263 g/mol. The maximum Gasteiger partial charge on any atom is 0.305 e. The topological polar surface area (TPSA) is 49.8 Å². The Labute approximate surface area is 114 Å². The number of hydrogen-bond acceptors (Lipinski definition) is 3. The summed E-state index contributed by atoms with van der Waals surface area (Å²) in [4.78, 5) is 13.5. The Bertz CT molecular complexity index is 437. The molecule has 0 radical (unpaired) electrons. The van der Waals surface area contributed by atoms with Crippen molar-refractivity contribution < 1.29 is 14.6 Å². The number of methoxy groups -OCH3 is 1. The highest BCUT2D eigenvalue weighted by Gasteiger charge is 2.37. The van der Waals surface area contributed by atoms with Gasteiger partial charge in [-0.25, -0.2) is 0 Å². The second-order valence-corrected chi connectivity index (χ2v) is 5.27. The second-order valence-electron chi connectivity index (χ2n) is 5.27. The molecule has 1 aromatic carbocycles. The Morgan fingerprint density at radius 2 is 1.89 bits per heavy atom. The van der Waals surface area contributed by atoms with Gasteiger partial charge in [-0.05, 0) is 50.6 Å². The van der Waals surface area contributed by atoms with Crippen LogP contribution in [0.2, 0.25) is 0 Å². The third kappa shape index (κ3) is 2.89. The molecule has 2 rings (SSSR count). The molecule has 4 heteroatoms. The van der Waals surface area contributed by atoms with Crippen LogP contribution in [0.5, 0.6) is 5.75 Å². The van der Waals surface area contributed by atoms with Crippen LogP contribution in [0.25, 0.3) is 0 Å². The summed E-state index contributed by atoms with van der Waals surface area (Å²) >= 11 is 0. The van der Waals surface area contributed by atoms with Crippen LogP contribution in [0.3, 0.4) is 0 Å². The minimum absolute atomic E-state index is 0.124. The summed E-state index contributed by atoms with van der Waals surface area (Å²) in [7, 11) is 1.63. The third-order valence-corrected chi connectivity index (χ3v) is 4.01. The van der Waals surface area contributed by atoms with Crippen molar-refractivity contribution in [3.8, 4) is 5.75 Å². The molecule has 1 aromatic rings. The normalized spacial score (nSPS) is 19.1. The van der Waals surface area contributed by atoms with E-state index in [1.54, 1.807) is 7.11 Å². The lowest BCUT2D eigenvalue weighted by Crippen LogP contribution is -2.43. The van der Waals surface area contributed by atoms with Gasteiger partial charge in [-0.15, -0.1) is 0 Å². The molecular formula is C15H21NO3. The Morgan fingerprint density at radius 3 is 2.37 bits per heavy atom. The molecule has 1 aliphatic rings. The van der Waals surface area contributed by atoms with Gasteiger partial charge < -0.3 is 9.84 Å². The van der Waals surface area contributed by atoms with Gasteiger partial charge in [-0.3, -0.25) is 9.69 Å². The minimum Gasteiger partial charge on any atom is -0.497 e. The maximum absolute atomic E-state index is 11.2. The van der Waals surface area contributed by atoms with Crippen molar-refractivity contribution in [3.63, 3.8) is 0 Å². The smallest absolute Gasteiger partial charge is 0.305 e. The fourth-order valence-electron chi connectivity index (χ4n) is 2.85. The average molecular weight is 263 g/mol. The minimum atomic E-state index is -0.759. The molecule has 1 atom stereocenters. The first-order valence-corrected chi connectivity index (χ1v) is 6.67. The summed E-state index contributed by atoms with van der Waals surface area (Å²) in [5.74, 6) is 0.0352. The molecule has 1 saturated heterocycles. The molecule has 0 bridgehead atoms. The summed E-state index contributed by atoms with van der Waals surface area (Å²) in [5, 5.41) is 9.22. The van der Waals surface area contributed by atoms with Gasteiger partial charge in [0.2, 0.25) is 0 Å². The standard InChI is InChI=1S/C15H21NO3/c1-15(11-14(17)18,16-9-3-4-10-16)12-5-7-13(19-2)8-6-12/h5-8H,3-4,9-11H2,1-2H3,(H,17,18). The van der Waals surface area contributed by atoms with Crippen LogP contribution >= 0.6 is 0 Å². The molecule has 1 heterocycles. The first-order chi connectivity index (χ1) is 9.06. The molecule has 0 aromatic heterocycles. The lowest BCUT2D eigenvalue weighted by atomic mass is 9.87. The van der Waals surface area contributed by atoms with E-state index < -0.39 is 11.5 Å². The number of ether oxygens (including phenoxy) is 1. The highest BCUT2D eigenvalue weighted by Crippen LogP contribution is 2.35. The van der Waals surface area contributed by atoms with Gasteiger partial charge in [0.25, 0.3) is 0 Å². The number of nitrogens with zero attached hydrogens (tertiary/aromatic N) is 1. The van der Waals surface area contributed by atoms with Crippen molar-refractivity contribution in [2.45, 2.75) is 31.7 Å². The number of rotatable bonds is 5. The van der Waals surface area contributed by atoms with E-state index in [0.717, 1.165) is 37.2 Å². The zero-order valence-electron chi connectivity index (χ0n) is 11.6. The number of carbonyl (C=O) groups is 1. The van der Waals surface area contributed by atoms with Gasteiger partial charge in [0.05, 0.1) is 19.1 Å². The molecule has 0 amide bonds. The van der Waals surface area contributed by atoms with Crippen LogP contribution in [0.4, 0.5) is 0 Å². The molecule has 1 N–H and O–H groups in total. The van der Waals surface area contributed by atoms with Crippen LogP contribution < -0.4 is 4.74 Å². The quantitative estimate of drug-likeness (QED) is 0.886. The Balaban J connectivity index is 2.31. The van der Waals surface area contributed by atoms with Crippen molar-refractivity contribution in [1.29, 1.82) is 0 Å². The lowest BCUT2D eigenvalue weighted by molar-refractivity contribution is -0.140. The molecule has 1 aliphatic heterocycles. The van der Waals surface area contributed by atoms with Crippen LogP contribution in [0.15, 0.2) is 24.3 Å². The molecule has 0 spiro atoms. The summed E-state index contributed by atoms with van der Waals surface area (Å²) in [5.41, 5.74) is 0.604. The van der Waals surface area contributed by atoms with Crippen LogP contribution in [-0.4, -0.2) is 36.2 Å². The fraction of sp³-hybridized carbons (Fsp3) is 0.533. The zero-order valence-corrected chi connectivity index (χ0v) is 11.6. The van der Waals surface area contributed by atoms with Gasteiger partial charge in [-0.2, -0.15) is 0 Å². The van der Waals surface area contributed by atoms with E-state index in [0.29, 0.717) is 0 Å². The zero-order chi connectivity index (χ0) is 13.9. The number of aliphatic carboxylic acids is 1. The predicted octanol–water partition coefficient (Wildman–Crippen LogP) is 2.48. The molecule has 1 unspecified atom stereocenters. The van der Waals surface area contributed by atoms with E-state index in [1.165, 1.54) is 0 Å². The summed E-state index contributed by atoms with van der Waals surface area (Å²) in [6.07, 6.45) is 2.41. The van der Waals surface area contributed by atoms with Crippen molar-refractivity contribution in [2.24, 2.45) is 0 Å². The molecule has 104 valence electrons. The van der Waals surface area contributed by atoms with Gasteiger partial charge in [-0.1, -0.05) is 12.1 Å². The van der Waals surface area contributed by atoms with Crippen molar-refractivity contribution in [2.75, 3.05) is 20.2 Å². The van der Waals surface area contributed by atoms with Gasteiger partial charge in [0.15, 0.2) is 0 Å². The predicted molar refractivity (Wildman–Crippen MR) is 73.4 cm³/mol. The molecule has 4 nitrogen and oxygen atoms in total. The molecule has 1 fully saturated rings.